The number of nitrogens with one attached hydrogen (secondary N) is 2. The van der Waals surface area contributed by atoms with Gasteiger partial charge in [-0.3, -0.25) is 4.79 Å². The number of carbonyl (C=O) groups is 1. The minimum atomic E-state index is -4.78. The lowest BCUT2D eigenvalue weighted by Crippen LogP contribution is -2.34. The topological polar surface area (TPSA) is 104 Å². The van der Waals surface area contributed by atoms with Crippen molar-refractivity contribution < 1.29 is 26.4 Å². The number of amides is 1. The average Bonchev–Trinajstić information content (AvgIpc) is 3.91. The van der Waals surface area contributed by atoms with E-state index in [-0.39, 0.29) is 38.9 Å². The van der Waals surface area contributed by atoms with Crippen LogP contribution in [0.4, 0.5) is 24.8 Å². The maximum absolute atomic E-state index is 14.2. The van der Waals surface area contributed by atoms with Gasteiger partial charge >= 0.3 is 6.18 Å². The Bertz CT molecular complexity index is 1660. The van der Waals surface area contributed by atoms with Crippen molar-refractivity contribution in [2.45, 2.75) is 67.5 Å². The van der Waals surface area contributed by atoms with Crippen LogP contribution in [0.25, 0.3) is 10.6 Å². The highest BCUT2D eigenvalue weighted by Crippen LogP contribution is 2.46. The minimum absolute atomic E-state index is 0.0214. The van der Waals surface area contributed by atoms with Gasteiger partial charge in [0, 0.05) is 24.5 Å². The summed E-state index contributed by atoms with van der Waals surface area (Å²) in [5.74, 6) is 0.108. The van der Waals surface area contributed by atoms with Crippen LogP contribution < -0.4 is 10.6 Å². The number of anilines is 2. The molecule has 1 saturated heterocycles. The summed E-state index contributed by atoms with van der Waals surface area (Å²) in [4.78, 5) is 22.8. The number of fused-ring (bicyclic) bond motifs is 1. The van der Waals surface area contributed by atoms with Crippen molar-refractivity contribution in [1.82, 2.24) is 20.2 Å². The summed E-state index contributed by atoms with van der Waals surface area (Å²) in [5, 5.41) is 6.53. The fraction of sp³-hybridized carbons (Fsp3) is 0.483. The molecule has 0 atom stereocenters. The van der Waals surface area contributed by atoms with Crippen LogP contribution in [0.15, 0.2) is 35.4 Å². The highest BCUT2D eigenvalue weighted by molar-refractivity contribution is 7.91. The summed E-state index contributed by atoms with van der Waals surface area (Å²) in [6, 6.07) is 7.38. The van der Waals surface area contributed by atoms with Crippen LogP contribution in [0.3, 0.4) is 0 Å². The van der Waals surface area contributed by atoms with E-state index in [0.29, 0.717) is 11.8 Å². The van der Waals surface area contributed by atoms with E-state index in [0.717, 1.165) is 80.4 Å². The Hall–Kier alpha value is -3.03. The van der Waals surface area contributed by atoms with Crippen molar-refractivity contribution >= 4 is 38.7 Å². The van der Waals surface area contributed by atoms with Gasteiger partial charge in [0.1, 0.15) is 10.4 Å². The molecule has 13 heteroatoms. The molecule has 2 aliphatic heterocycles. The van der Waals surface area contributed by atoms with Gasteiger partial charge in [0.25, 0.3) is 5.91 Å². The van der Waals surface area contributed by atoms with Gasteiger partial charge in [-0.25, -0.2) is 18.4 Å². The maximum Gasteiger partial charge on any atom is 0.420 e. The second-order valence-corrected chi connectivity index (χ2v) is 14.7. The van der Waals surface area contributed by atoms with E-state index < -0.39 is 33.2 Å². The standard InChI is InChI=1S/C29H30F3N5O3S2/c30-29(31,32)21-15-34-28(35-22-6-3-18(13-20(22)17-1-2-17)16-7-9-33-10-8-16)36-25(21)23-14-24-26(41-23)27(38)37(19-4-5-19)11-12-42(24,39)40/h3,6,13-17,19,33H,1-2,4-5,7-12H2,(H,34,35,36). The van der Waals surface area contributed by atoms with Gasteiger partial charge in [0.15, 0.2) is 9.84 Å². The Morgan fingerprint density at radius 1 is 1.02 bits per heavy atom. The van der Waals surface area contributed by atoms with Crippen LogP contribution in [-0.2, 0) is 16.0 Å². The number of piperidine rings is 1. The van der Waals surface area contributed by atoms with Crippen molar-refractivity contribution in [2.24, 2.45) is 0 Å². The molecule has 3 fully saturated rings. The van der Waals surface area contributed by atoms with Gasteiger partial charge in [-0.15, -0.1) is 11.3 Å². The van der Waals surface area contributed by atoms with Crippen molar-refractivity contribution in [3.63, 3.8) is 0 Å². The van der Waals surface area contributed by atoms with Gasteiger partial charge in [-0.1, -0.05) is 12.1 Å². The molecule has 1 amide bonds. The number of alkyl halides is 3. The summed E-state index contributed by atoms with van der Waals surface area (Å²) in [6.45, 7) is 2.03. The average molecular weight is 618 g/mol. The van der Waals surface area contributed by atoms with E-state index in [4.69, 9.17) is 0 Å². The molecule has 1 aromatic carbocycles. The van der Waals surface area contributed by atoms with Gasteiger partial charge in [-0.2, -0.15) is 13.2 Å². The number of rotatable bonds is 6. The highest BCUT2D eigenvalue weighted by Gasteiger charge is 2.42. The molecule has 7 rings (SSSR count). The van der Waals surface area contributed by atoms with Crippen molar-refractivity contribution in [1.29, 1.82) is 0 Å². The smallest absolute Gasteiger partial charge is 0.334 e. The molecule has 3 aromatic rings. The molecule has 2 aromatic heterocycles. The third-order valence-corrected chi connectivity index (χ3v) is 11.5. The number of hydrogen-bond donors (Lipinski definition) is 2. The van der Waals surface area contributed by atoms with Crippen LogP contribution in [-0.4, -0.2) is 60.6 Å². The number of thiophene rings is 1. The lowest BCUT2D eigenvalue weighted by Gasteiger charge is -2.24. The third-order valence-electron chi connectivity index (χ3n) is 8.55. The second kappa shape index (κ2) is 10.3. The van der Waals surface area contributed by atoms with Crippen molar-refractivity contribution in [3.8, 4) is 10.6 Å². The zero-order valence-corrected chi connectivity index (χ0v) is 24.3. The monoisotopic (exact) mass is 617 g/mol. The number of halogens is 3. The predicted octanol–water partition coefficient (Wildman–Crippen LogP) is 5.70. The van der Waals surface area contributed by atoms with E-state index in [1.54, 1.807) is 0 Å². The molecule has 42 heavy (non-hydrogen) atoms. The largest absolute Gasteiger partial charge is 0.420 e. The first-order valence-corrected chi connectivity index (χ1v) is 16.8. The van der Waals surface area contributed by atoms with Gasteiger partial charge in [-0.05, 0) is 86.7 Å². The molecule has 0 spiro atoms. The van der Waals surface area contributed by atoms with Gasteiger partial charge < -0.3 is 15.5 Å². The number of hydrogen-bond acceptors (Lipinski definition) is 8. The molecular weight excluding hydrogens is 587 g/mol. The molecule has 0 radical (unpaired) electrons. The Morgan fingerprint density at radius 2 is 1.79 bits per heavy atom. The Morgan fingerprint density at radius 3 is 2.48 bits per heavy atom. The van der Waals surface area contributed by atoms with Crippen LogP contribution in [0.1, 0.15) is 76.7 Å². The molecular formula is C29H30F3N5O3S2. The normalized spacial score (nSPS) is 21.2. The van der Waals surface area contributed by atoms with Crippen LogP contribution in [0.2, 0.25) is 0 Å². The second-order valence-electron chi connectivity index (χ2n) is 11.6. The summed E-state index contributed by atoms with van der Waals surface area (Å²) in [7, 11) is -3.86. The van der Waals surface area contributed by atoms with E-state index in [2.05, 4.69) is 32.7 Å². The van der Waals surface area contributed by atoms with Gasteiger partial charge in [0.2, 0.25) is 5.95 Å². The van der Waals surface area contributed by atoms with E-state index >= 15 is 0 Å². The quantitative estimate of drug-likeness (QED) is 0.366. The lowest BCUT2D eigenvalue weighted by atomic mass is 9.88. The first kappa shape index (κ1) is 27.8. The van der Waals surface area contributed by atoms with E-state index in [1.807, 2.05) is 6.07 Å². The fourth-order valence-corrected chi connectivity index (χ4v) is 8.88. The number of carbonyl (C=O) groups excluding carboxylic acids is 1. The zero-order valence-electron chi connectivity index (χ0n) is 22.7. The van der Waals surface area contributed by atoms with E-state index in [1.165, 1.54) is 16.5 Å². The number of sulfone groups is 1. The molecule has 0 unspecified atom stereocenters. The summed E-state index contributed by atoms with van der Waals surface area (Å²) in [5.41, 5.74) is 1.59. The van der Waals surface area contributed by atoms with Crippen molar-refractivity contribution in [3.05, 3.63) is 52.0 Å². The molecule has 2 aliphatic carbocycles. The number of benzene rings is 1. The van der Waals surface area contributed by atoms with Crippen LogP contribution in [0, 0.1) is 0 Å². The zero-order chi connectivity index (χ0) is 29.2. The number of aromatic nitrogens is 2. The molecule has 4 aliphatic rings. The van der Waals surface area contributed by atoms with Crippen LogP contribution >= 0.6 is 11.3 Å². The van der Waals surface area contributed by atoms with E-state index in [9.17, 15) is 26.4 Å². The predicted molar refractivity (Wildman–Crippen MR) is 153 cm³/mol. The molecule has 4 heterocycles. The van der Waals surface area contributed by atoms with Gasteiger partial charge in [0.05, 0.1) is 21.2 Å². The maximum atomic E-state index is 14.2. The lowest BCUT2D eigenvalue weighted by molar-refractivity contribution is -0.137. The molecule has 222 valence electrons. The third kappa shape index (κ3) is 5.30. The van der Waals surface area contributed by atoms with Crippen LogP contribution in [0.5, 0.6) is 0 Å². The summed E-state index contributed by atoms with van der Waals surface area (Å²) in [6.07, 6.45) is 1.74. The minimum Gasteiger partial charge on any atom is -0.334 e. The molecule has 8 nitrogen and oxygen atoms in total. The Kier molecular flexibility index (Phi) is 6.82. The van der Waals surface area contributed by atoms with Crippen molar-refractivity contribution in [2.75, 3.05) is 30.7 Å². The molecule has 0 bridgehead atoms. The fourth-order valence-electron chi connectivity index (χ4n) is 5.96. The highest BCUT2D eigenvalue weighted by atomic mass is 32.2. The first-order valence-electron chi connectivity index (χ1n) is 14.3. The Balaban J connectivity index is 1.26. The summed E-state index contributed by atoms with van der Waals surface area (Å²) >= 11 is 0.749. The molecule has 2 saturated carbocycles. The number of nitrogens with zero attached hydrogens (tertiary/aromatic N) is 3. The molecule has 2 N–H and O–H groups in total. The Labute approximate surface area is 245 Å². The first-order chi connectivity index (χ1) is 20.1. The summed E-state index contributed by atoms with van der Waals surface area (Å²) < 4.78 is 68.6. The SMILES string of the molecule is O=C1c2sc(-c3nc(Nc4ccc(C5CCNCC5)cc4C4CC4)ncc3C(F)(F)F)cc2S(=O)(=O)CCN1C1CC1.